The molecule has 1 aliphatic heterocycles. The highest BCUT2D eigenvalue weighted by Gasteiger charge is 2.39. The third kappa shape index (κ3) is 5.28. The second-order valence-electron chi connectivity index (χ2n) is 6.37. The van der Waals surface area contributed by atoms with Crippen molar-refractivity contribution in [3.63, 3.8) is 0 Å². The average molecular weight is 417 g/mol. The van der Waals surface area contributed by atoms with Gasteiger partial charge in [-0.25, -0.2) is 4.79 Å². The number of benzene rings is 2. The van der Waals surface area contributed by atoms with E-state index in [1.54, 1.807) is 48.5 Å². The van der Waals surface area contributed by atoms with Crippen LogP contribution in [-0.2, 0) is 14.3 Å². The molecule has 1 saturated heterocycles. The summed E-state index contributed by atoms with van der Waals surface area (Å²) in [6.07, 6.45) is 0. The lowest BCUT2D eigenvalue weighted by Gasteiger charge is -2.33. The average Bonchev–Trinajstić information content (AvgIpc) is 2.69. The number of halogens is 1. The maximum atomic E-state index is 12.6. The molecule has 1 aliphatic rings. The molecule has 0 aliphatic carbocycles. The molecule has 2 amide bonds. The van der Waals surface area contributed by atoms with Crippen LogP contribution >= 0.6 is 11.6 Å². The monoisotopic (exact) mass is 416 g/mol. The predicted molar refractivity (Wildman–Crippen MR) is 108 cm³/mol. The highest BCUT2D eigenvalue weighted by Crippen LogP contribution is 2.33. The maximum Gasteiger partial charge on any atom is 0.319 e. The van der Waals surface area contributed by atoms with Gasteiger partial charge >= 0.3 is 12.0 Å². The summed E-state index contributed by atoms with van der Waals surface area (Å²) in [5.74, 6) is -0.139. The third-order valence-corrected chi connectivity index (χ3v) is 4.57. The van der Waals surface area contributed by atoms with Gasteiger partial charge in [0.05, 0.1) is 12.6 Å². The number of carbonyl (C=O) groups is 2. The first-order chi connectivity index (χ1) is 14.0. The highest BCUT2D eigenvalue weighted by atomic mass is 35.5. The van der Waals surface area contributed by atoms with E-state index in [4.69, 9.17) is 25.8 Å². The van der Waals surface area contributed by atoms with Crippen molar-refractivity contribution in [2.45, 2.75) is 6.04 Å². The second-order valence-corrected chi connectivity index (χ2v) is 6.80. The zero-order valence-electron chi connectivity index (χ0n) is 15.8. The Hall–Kier alpha value is -3.03. The molecule has 2 aromatic carbocycles. The van der Waals surface area contributed by atoms with Crippen LogP contribution in [0.4, 0.5) is 4.79 Å². The number of ether oxygens (including phenoxy) is 3. The molecule has 0 unspecified atom stereocenters. The lowest BCUT2D eigenvalue weighted by atomic mass is 9.89. The molecule has 8 heteroatoms. The van der Waals surface area contributed by atoms with E-state index in [0.717, 1.165) is 0 Å². The number of methoxy groups -OCH3 is 1. The summed E-state index contributed by atoms with van der Waals surface area (Å²) in [6.45, 7) is 4.21. The normalized spacial score (nSPS) is 18.6. The summed E-state index contributed by atoms with van der Waals surface area (Å²) in [7, 11) is 1.52. The number of hydrogen-bond acceptors (Lipinski definition) is 5. The first kappa shape index (κ1) is 20.7. The fraction of sp³-hybridized carbons (Fsp3) is 0.238. The summed E-state index contributed by atoms with van der Waals surface area (Å²) < 4.78 is 16.0. The first-order valence-electron chi connectivity index (χ1n) is 8.93. The molecular weight excluding hydrogens is 396 g/mol. The zero-order valence-corrected chi connectivity index (χ0v) is 16.6. The van der Waals surface area contributed by atoms with E-state index in [1.165, 1.54) is 7.11 Å². The van der Waals surface area contributed by atoms with Crippen molar-refractivity contribution in [1.29, 1.82) is 0 Å². The Bertz CT molecular complexity index is 900. The minimum Gasteiger partial charge on any atom is -0.463 e. The van der Waals surface area contributed by atoms with Crippen LogP contribution in [0.2, 0.25) is 5.02 Å². The number of carbonyl (C=O) groups excluding carboxylic acids is 2. The Labute approximate surface area is 173 Å². The number of rotatable bonds is 7. The summed E-state index contributed by atoms with van der Waals surface area (Å²) in [6, 6.07) is 13.0. The highest BCUT2D eigenvalue weighted by molar-refractivity contribution is 6.30. The van der Waals surface area contributed by atoms with Gasteiger partial charge in [-0.15, -0.1) is 0 Å². The van der Waals surface area contributed by atoms with Crippen LogP contribution < -0.4 is 15.4 Å². The molecule has 1 heterocycles. The van der Waals surface area contributed by atoms with Gasteiger partial charge in [0.15, 0.2) is 0 Å². The van der Waals surface area contributed by atoms with Crippen LogP contribution in [0, 0.1) is 5.92 Å². The van der Waals surface area contributed by atoms with E-state index in [2.05, 4.69) is 17.2 Å². The number of nitrogens with one attached hydrogen (secondary N) is 2. The number of esters is 1. The molecule has 2 N–H and O–H groups in total. The van der Waals surface area contributed by atoms with E-state index in [9.17, 15) is 9.59 Å². The fourth-order valence-electron chi connectivity index (χ4n) is 2.97. The van der Waals surface area contributed by atoms with Crippen LogP contribution in [-0.4, -0.2) is 32.3 Å². The van der Waals surface area contributed by atoms with E-state index in [0.29, 0.717) is 22.1 Å². The van der Waals surface area contributed by atoms with E-state index < -0.39 is 24.0 Å². The molecule has 29 heavy (non-hydrogen) atoms. The molecule has 3 rings (SSSR count). The first-order valence-corrected chi connectivity index (χ1v) is 9.31. The molecule has 0 radical (unpaired) electrons. The summed E-state index contributed by atoms with van der Waals surface area (Å²) in [5.41, 5.74) is 0.950. The van der Waals surface area contributed by atoms with Crippen LogP contribution in [0.15, 0.2) is 60.8 Å². The standard InChI is InChI=1S/C21H21ClN2O5/c1-13-18(20(25)28-11-10-27-2)19(24-21(26)23-13)14-4-3-5-17(12-14)29-16-8-6-15(22)7-9-16/h3-9,12,18-19H,1,10-11H2,2H3,(H2,23,24,26)/t18-,19+/m0/s1. The van der Waals surface area contributed by atoms with E-state index in [1.807, 2.05) is 0 Å². The minimum atomic E-state index is -0.796. The number of amides is 2. The molecule has 0 aromatic heterocycles. The topological polar surface area (TPSA) is 85.9 Å². The quantitative estimate of drug-likeness (QED) is 0.529. The largest absolute Gasteiger partial charge is 0.463 e. The third-order valence-electron chi connectivity index (χ3n) is 4.32. The molecule has 2 aromatic rings. The smallest absolute Gasteiger partial charge is 0.319 e. The van der Waals surface area contributed by atoms with Gasteiger partial charge in [0.1, 0.15) is 24.0 Å². The fourth-order valence-corrected chi connectivity index (χ4v) is 3.09. The zero-order chi connectivity index (χ0) is 20.8. The Kier molecular flexibility index (Phi) is 6.74. The van der Waals surface area contributed by atoms with Crippen LogP contribution in [0.1, 0.15) is 11.6 Å². The molecule has 0 saturated carbocycles. The number of hydrogen-bond donors (Lipinski definition) is 2. The van der Waals surface area contributed by atoms with Crippen molar-refractivity contribution >= 4 is 23.6 Å². The van der Waals surface area contributed by atoms with Gasteiger partial charge in [0.25, 0.3) is 0 Å². The van der Waals surface area contributed by atoms with Gasteiger partial charge in [-0.1, -0.05) is 30.3 Å². The molecule has 1 fully saturated rings. The Morgan fingerprint density at radius 1 is 1.14 bits per heavy atom. The van der Waals surface area contributed by atoms with Crippen molar-refractivity contribution in [2.75, 3.05) is 20.3 Å². The minimum absolute atomic E-state index is 0.111. The second kappa shape index (κ2) is 9.45. The Balaban J connectivity index is 1.83. The maximum absolute atomic E-state index is 12.6. The lowest BCUT2D eigenvalue weighted by molar-refractivity contribution is -0.149. The van der Waals surface area contributed by atoms with Gasteiger partial charge in [0, 0.05) is 17.8 Å². The molecule has 0 spiro atoms. The van der Waals surface area contributed by atoms with Crippen molar-refractivity contribution in [2.24, 2.45) is 5.92 Å². The molecule has 152 valence electrons. The van der Waals surface area contributed by atoms with Crippen molar-refractivity contribution in [3.8, 4) is 11.5 Å². The van der Waals surface area contributed by atoms with Crippen LogP contribution in [0.3, 0.4) is 0 Å². The van der Waals surface area contributed by atoms with Gasteiger partial charge in [0.2, 0.25) is 0 Å². The molecule has 7 nitrogen and oxygen atoms in total. The van der Waals surface area contributed by atoms with Crippen molar-refractivity contribution in [3.05, 3.63) is 71.4 Å². The predicted octanol–water partition coefficient (Wildman–Crippen LogP) is 3.81. The summed E-state index contributed by atoms with van der Waals surface area (Å²) in [5, 5.41) is 5.92. The van der Waals surface area contributed by atoms with Gasteiger partial charge in [-0.05, 0) is 42.0 Å². The lowest BCUT2D eigenvalue weighted by Crippen LogP contribution is -2.51. The Morgan fingerprint density at radius 2 is 1.90 bits per heavy atom. The number of urea groups is 1. The SMILES string of the molecule is C=C1NC(=O)N[C@H](c2cccc(Oc3ccc(Cl)cc3)c2)[C@H]1C(=O)OCCOC. The summed E-state index contributed by atoms with van der Waals surface area (Å²) >= 11 is 5.90. The Morgan fingerprint density at radius 3 is 2.62 bits per heavy atom. The summed E-state index contributed by atoms with van der Waals surface area (Å²) in [4.78, 5) is 24.6. The van der Waals surface area contributed by atoms with Crippen molar-refractivity contribution in [1.82, 2.24) is 10.6 Å². The van der Waals surface area contributed by atoms with Crippen LogP contribution in [0.25, 0.3) is 0 Å². The van der Waals surface area contributed by atoms with Gasteiger partial charge in [-0.3, -0.25) is 4.79 Å². The molecular formula is C21H21ClN2O5. The van der Waals surface area contributed by atoms with Gasteiger partial charge in [-0.2, -0.15) is 0 Å². The van der Waals surface area contributed by atoms with Gasteiger partial charge < -0.3 is 24.8 Å². The van der Waals surface area contributed by atoms with Crippen molar-refractivity contribution < 1.29 is 23.8 Å². The molecule has 2 atom stereocenters. The van der Waals surface area contributed by atoms with Crippen LogP contribution in [0.5, 0.6) is 11.5 Å². The van der Waals surface area contributed by atoms with E-state index >= 15 is 0 Å². The van der Waals surface area contributed by atoms with E-state index in [-0.39, 0.29) is 18.9 Å². The molecule has 0 bridgehead atoms.